The first kappa shape index (κ1) is 15.9. The van der Waals surface area contributed by atoms with E-state index in [2.05, 4.69) is 0 Å². The maximum atomic E-state index is 8.42. The number of hydrogen-bond donors (Lipinski definition) is 0. The van der Waals surface area contributed by atoms with E-state index in [-0.39, 0.29) is 91.9 Å². The standard InChI is InChI=1S/BO3.Cs.Mg/c2-1(3)4;;/q-3;+1;+2. The minimum atomic E-state index is -2.92. The van der Waals surface area contributed by atoms with Crippen molar-refractivity contribution in [2.45, 2.75) is 0 Å². The van der Waals surface area contributed by atoms with Gasteiger partial charge in [-0.2, -0.15) is 0 Å². The zero-order valence-electron chi connectivity index (χ0n) is 3.51. The SMILES string of the molecule is [Cs+].[Mg+2].[O-]B([O-])[O-]. The summed E-state index contributed by atoms with van der Waals surface area (Å²) in [5, 5.41) is 25.2. The van der Waals surface area contributed by atoms with Crippen molar-refractivity contribution in [2.75, 3.05) is 0 Å². The van der Waals surface area contributed by atoms with Crippen LogP contribution in [-0.2, 0) is 0 Å². The molecule has 6 heavy (non-hydrogen) atoms. The molecule has 0 saturated carbocycles. The van der Waals surface area contributed by atoms with Gasteiger partial charge in [-0.05, 0) is 0 Å². The van der Waals surface area contributed by atoms with E-state index in [0.717, 1.165) is 0 Å². The van der Waals surface area contributed by atoms with Crippen LogP contribution in [0.3, 0.4) is 0 Å². The molecule has 24 valence electrons. The molecule has 3 nitrogen and oxygen atoms in total. The molecule has 0 unspecified atom stereocenters. The molecule has 0 radical (unpaired) electrons. The molecule has 0 rings (SSSR count). The van der Waals surface area contributed by atoms with Gasteiger partial charge in [-0.25, -0.2) is 0 Å². The van der Waals surface area contributed by atoms with Crippen LogP contribution in [0.2, 0.25) is 0 Å². The maximum absolute atomic E-state index is 8.42. The van der Waals surface area contributed by atoms with Crippen molar-refractivity contribution < 1.29 is 84.0 Å². The van der Waals surface area contributed by atoms with Gasteiger partial charge < -0.3 is 15.1 Å². The van der Waals surface area contributed by atoms with E-state index in [0.29, 0.717) is 0 Å². The Kier molecular flexibility index (Phi) is 28.3. The third-order valence-electron chi connectivity index (χ3n) is 0. The molecule has 0 aromatic carbocycles. The fraction of sp³-hybridized carbons (Fsp3) is 0. The maximum Gasteiger partial charge on any atom is 2.00 e. The van der Waals surface area contributed by atoms with Gasteiger partial charge in [-0.3, -0.25) is 7.32 Å². The molecule has 0 N–H and O–H groups in total. The van der Waals surface area contributed by atoms with Crippen LogP contribution < -0.4 is 84.0 Å². The van der Waals surface area contributed by atoms with Gasteiger partial charge in [-0.15, -0.1) is 0 Å². The molecule has 0 spiro atoms. The van der Waals surface area contributed by atoms with E-state index in [4.69, 9.17) is 15.1 Å². The summed E-state index contributed by atoms with van der Waals surface area (Å²) < 4.78 is 0. The summed E-state index contributed by atoms with van der Waals surface area (Å²) in [6, 6.07) is 0. The third kappa shape index (κ3) is 29.4. The topological polar surface area (TPSA) is 69.2 Å². The first-order chi connectivity index (χ1) is 1.73. The van der Waals surface area contributed by atoms with Crippen molar-refractivity contribution in [3.05, 3.63) is 0 Å². The zero-order chi connectivity index (χ0) is 3.58. The molecule has 0 atom stereocenters. The normalized spacial score (nSPS) is 4.50. The van der Waals surface area contributed by atoms with Gasteiger partial charge in [0.15, 0.2) is 0 Å². The van der Waals surface area contributed by atoms with Crippen molar-refractivity contribution in [2.24, 2.45) is 0 Å². The molecule has 0 aromatic rings. The summed E-state index contributed by atoms with van der Waals surface area (Å²) in [5.74, 6) is 0. The van der Waals surface area contributed by atoms with Gasteiger partial charge in [-0.1, -0.05) is 0 Å². The van der Waals surface area contributed by atoms with Crippen LogP contribution in [-0.4, -0.2) is 30.4 Å². The minimum Gasteiger partial charge on any atom is -0.907 e. The Morgan fingerprint density at radius 3 is 1.00 bits per heavy atom. The monoisotopic (exact) mass is 216 g/mol. The van der Waals surface area contributed by atoms with Crippen LogP contribution in [0, 0.1) is 0 Å². The molecule has 0 aromatic heterocycles. The molecule has 0 aliphatic rings. The largest absolute Gasteiger partial charge is 2.00 e. The van der Waals surface area contributed by atoms with Gasteiger partial charge in [0.25, 0.3) is 0 Å². The van der Waals surface area contributed by atoms with E-state index >= 15 is 0 Å². The van der Waals surface area contributed by atoms with Crippen LogP contribution in [0.25, 0.3) is 0 Å². The van der Waals surface area contributed by atoms with Gasteiger partial charge in [0.1, 0.15) is 0 Å². The fourth-order valence-corrected chi connectivity index (χ4v) is 0. The van der Waals surface area contributed by atoms with Gasteiger partial charge in [0.05, 0.1) is 0 Å². The van der Waals surface area contributed by atoms with Gasteiger partial charge in [0.2, 0.25) is 0 Å². The Labute approximate surface area is 111 Å². The summed E-state index contributed by atoms with van der Waals surface area (Å²) in [6.45, 7) is 0. The second kappa shape index (κ2) is 10.7. The average Bonchev–Trinajstić information content (AvgIpc) is 0.811. The van der Waals surface area contributed by atoms with Crippen molar-refractivity contribution in [1.29, 1.82) is 0 Å². The molecular formula is BCsMgO3. The van der Waals surface area contributed by atoms with Crippen molar-refractivity contribution in [1.82, 2.24) is 0 Å². The van der Waals surface area contributed by atoms with Crippen LogP contribution in [0.5, 0.6) is 0 Å². The zero-order valence-corrected chi connectivity index (χ0v) is 11.2. The van der Waals surface area contributed by atoms with E-state index < -0.39 is 7.32 Å². The molecule has 0 aliphatic carbocycles. The van der Waals surface area contributed by atoms with E-state index in [1.807, 2.05) is 0 Å². The van der Waals surface area contributed by atoms with Crippen LogP contribution in [0.15, 0.2) is 0 Å². The first-order valence-corrected chi connectivity index (χ1v) is 0.707. The molecule has 0 saturated heterocycles. The molecule has 0 aliphatic heterocycles. The Morgan fingerprint density at radius 1 is 1.00 bits per heavy atom. The fourth-order valence-electron chi connectivity index (χ4n) is 0. The Morgan fingerprint density at radius 2 is 1.00 bits per heavy atom. The van der Waals surface area contributed by atoms with Crippen molar-refractivity contribution in [3.8, 4) is 0 Å². The van der Waals surface area contributed by atoms with E-state index in [9.17, 15) is 0 Å². The Balaban J connectivity index is -0.0000000450. The second-order valence-corrected chi connectivity index (χ2v) is 0.289. The molecule has 0 amide bonds. The summed E-state index contributed by atoms with van der Waals surface area (Å²) in [7, 11) is -2.92. The predicted molar refractivity (Wildman–Crippen MR) is 11.5 cm³/mol. The molecule has 0 bridgehead atoms. The van der Waals surface area contributed by atoms with Crippen LogP contribution >= 0.6 is 0 Å². The molecule has 6 heteroatoms. The predicted octanol–water partition coefficient (Wildman–Crippen LogP) is -7.32. The van der Waals surface area contributed by atoms with Crippen LogP contribution in [0.1, 0.15) is 0 Å². The van der Waals surface area contributed by atoms with Crippen molar-refractivity contribution in [3.63, 3.8) is 0 Å². The smallest absolute Gasteiger partial charge is 0.907 e. The van der Waals surface area contributed by atoms with E-state index in [1.165, 1.54) is 0 Å². The van der Waals surface area contributed by atoms with E-state index in [1.54, 1.807) is 0 Å². The minimum absolute atomic E-state index is 0. The Hall–Kier alpha value is 2.76. The van der Waals surface area contributed by atoms with Crippen molar-refractivity contribution >= 4 is 30.4 Å². The molecule has 0 heterocycles. The van der Waals surface area contributed by atoms with Crippen LogP contribution in [0.4, 0.5) is 0 Å². The number of rotatable bonds is 0. The summed E-state index contributed by atoms with van der Waals surface area (Å²) in [4.78, 5) is 0. The summed E-state index contributed by atoms with van der Waals surface area (Å²) >= 11 is 0. The van der Waals surface area contributed by atoms with Gasteiger partial charge in [0, 0.05) is 0 Å². The second-order valence-electron chi connectivity index (χ2n) is 0.289. The molecule has 0 fully saturated rings. The average molecular weight is 216 g/mol. The van der Waals surface area contributed by atoms with Gasteiger partial charge >= 0.3 is 91.9 Å². The number of hydrogen-bond acceptors (Lipinski definition) is 3. The first-order valence-electron chi connectivity index (χ1n) is 0.707. The molecular weight excluding hydrogens is 216 g/mol. The Bertz CT molecular complexity index is 15.5. The third-order valence-corrected chi connectivity index (χ3v) is 0. The quantitative estimate of drug-likeness (QED) is 0.378. The summed E-state index contributed by atoms with van der Waals surface area (Å²) in [6.07, 6.45) is 0. The summed E-state index contributed by atoms with van der Waals surface area (Å²) in [5.41, 5.74) is 0.